The van der Waals surface area contributed by atoms with Gasteiger partial charge in [-0.05, 0) is 19.8 Å². The Balaban J connectivity index is 1.56. The number of carboxylic acid groups (broad SMARTS) is 1. The molecule has 4 rings (SSSR count). The van der Waals surface area contributed by atoms with Gasteiger partial charge in [0.2, 0.25) is 5.91 Å². The molecule has 2 N–H and O–H groups in total. The first-order valence-electron chi connectivity index (χ1n) is 9.63. The van der Waals surface area contributed by atoms with E-state index in [2.05, 4.69) is 10.4 Å². The maximum Gasteiger partial charge on any atom is 0.310 e. The molecule has 2 bridgehead atoms. The van der Waals surface area contributed by atoms with Crippen LogP contribution in [-0.2, 0) is 25.6 Å². The van der Waals surface area contributed by atoms with Gasteiger partial charge in [-0.1, -0.05) is 0 Å². The number of aliphatic carboxylic acids is 1. The van der Waals surface area contributed by atoms with Crippen molar-refractivity contribution in [3.8, 4) is 0 Å². The van der Waals surface area contributed by atoms with Crippen molar-refractivity contribution in [2.75, 3.05) is 31.6 Å². The van der Waals surface area contributed by atoms with Gasteiger partial charge in [0.1, 0.15) is 5.69 Å². The van der Waals surface area contributed by atoms with Crippen molar-refractivity contribution in [2.24, 2.45) is 11.8 Å². The van der Waals surface area contributed by atoms with E-state index >= 15 is 0 Å². The average molecular weight is 392 g/mol. The fourth-order valence-corrected chi connectivity index (χ4v) is 4.40. The normalized spacial score (nSPS) is 29.1. The Morgan fingerprint density at radius 1 is 1.21 bits per heavy atom. The predicted molar refractivity (Wildman–Crippen MR) is 95.8 cm³/mol. The number of aryl methyl sites for hydroxylation is 1. The standard InChI is InChI=1S/C18H24N4O6/c1-2-22-15(17(24)21-5-7-27-8-6-21)10(9-19-22)20-16(23)13-11-3-4-12(28-11)14(13)18(25)26/h9,11-14H,2-8H2,1H3,(H,20,23)(H,25,26)/t11-,12-,13+,14-/m1/s1. The number of nitrogens with one attached hydrogen (secondary N) is 1. The third kappa shape index (κ3) is 3.16. The van der Waals surface area contributed by atoms with Crippen molar-refractivity contribution in [1.82, 2.24) is 14.7 Å². The van der Waals surface area contributed by atoms with E-state index in [0.717, 1.165) is 0 Å². The smallest absolute Gasteiger partial charge is 0.310 e. The largest absolute Gasteiger partial charge is 0.481 e. The van der Waals surface area contributed by atoms with E-state index in [1.165, 1.54) is 6.20 Å². The minimum atomic E-state index is -1.03. The SMILES string of the molecule is CCn1ncc(NC(=O)[C@@H]2[C@H](C(=O)O)[C@H]3CC[C@H]2O3)c1C(=O)N1CCOCC1. The number of fused-ring (bicyclic) bond motifs is 2. The number of rotatable bonds is 5. The molecule has 0 radical (unpaired) electrons. The minimum Gasteiger partial charge on any atom is -0.481 e. The molecule has 4 atom stereocenters. The number of hydrogen-bond acceptors (Lipinski definition) is 6. The molecule has 0 unspecified atom stereocenters. The molecule has 3 saturated heterocycles. The summed E-state index contributed by atoms with van der Waals surface area (Å²) in [5.41, 5.74) is 0.601. The molecule has 10 heteroatoms. The maximum absolute atomic E-state index is 13.0. The third-order valence-electron chi connectivity index (χ3n) is 5.76. The van der Waals surface area contributed by atoms with Crippen LogP contribution in [0.2, 0.25) is 0 Å². The summed E-state index contributed by atoms with van der Waals surface area (Å²) < 4.78 is 12.5. The number of ether oxygens (including phenoxy) is 2. The second-order valence-electron chi connectivity index (χ2n) is 7.30. The van der Waals surface area contributed by atoms with Crippen LogP contribution >= 0.6 is 0 Å². The molecule has 3 fully saturated rings. The van der Waals surface area contributed by atoms with Crippen molar-refractivity contribution in [2.45, 2.75) is 38.5 Å². The molecule has 0 aliphatic carbocycles. The van der Waals surface area contributed by atoms with E-state index in [9.17, 15) is 19.5 Å². The zero-order valence-corrected chi connectivity index (χ0v) is 15.7. The van der Waals surface area contributed by atoms with E-state index in [1.807, 2.05) is 6.92 Å². The summed E-state index contributed by atoms with van der Waals surface area (Å²) in [6.07, 6.45) is 1.94. The molecule has 10 nitrogen and oxygen atoms in total. The number of morpholine rings is 1. The molecule has 1 aromatic heterocycles. The highest BCUT2D eigenvalue weighted by molar-refractivity contribution is 6.04. The predicted octanol–water partition coefficient (Wildman–Crippen LogP) is 0.192. The van der Waals surface area contributed by atoms with E-state index < -0.39 is 35.9 Å². The first kappa shape index (κ1) is 18.9. The van der Waals surface area contributed by atoms with Gasteiger partial charge < -0.3 is 24.8 Å². The van der Waals surface area contributed by atoms with Crippen molar-refractivity contribution in [1.29, 1.82) is 0 Å². The van der Waals surface area contributed by atoms with Crippen molar-refractivity contribution < 1.29 is 29.0 Å². The second kappa shape index (κ2) is 7.51. The highest BCUT2D eigenvalue weighted by Crippen LogP contribution is 2.44. The third-order valence-corrected chi connectivity index (χ3v) is 5.76. The lowest BCUT2D eigenvalue weighted by molar-refractivity contribution is -0.147. The molecule has 0 spiro atoms. The van der Waals surface area contributed by atoms with Crippen LogP contribution in [0.3, 0.4) is 0 Å². The Labute approximate surface area is 161 Å². The molecule has 0 aromatic carbocycles. The number of carbonyl (C=O) groups excluding carboxylic acids is 2. The molecule has 152 valence electrons. The molecule has 0 saturated carbocycles. The molecular weight excluding hydrogens is 368 g/mol. The number of carboxylic acids is 1. The minimum absolute atomic E-state index is 0.225. The van der Waals surface area contributed by atoms with Crippen LogP contribution in [0.25, 0.3) is 0 Å². The van der Waals surface area contributed by atoms with E-state index in [4.69, 9.17) is 9.47 Å². The fraction of sp³-hybridized carbons (Fsp3) is 0.667. The number of nitrogens with zero attached hydrogens (tertiary/aromatic N) is 3. The quantitative estimate of drug-likeness (QED) is 0.733. The number of carbonyl (C=O) groups is 3. The van der Waals surface area contributed by atoms with E-state index in [0.29, 0.717) is 57.1 Å². The summed E-state index contributed by atoms with van der Waals surface area (Å²) in [6, 6.07) is 0. The lowest BCUT2D eigenvalue weighted by Gasteiger charge is -2.27. The van der Waals surface area contributed by atoms with Crippen LogP contribution in [-0.4, -0.2) is 76.1 Å². The second-order valence-corrected chi connectivity index (χ2v) is 7.30. The van der Waals surface area contributed by atoms with Gasteiger partial charge in [-0.15, -0.1) is 0 Å². The lowest BCUT2D eigenvalue weighted by atomic mass is 9.78. The number of aromatic nitrogens is 2. The summed E-state index contributed by atoms with van der Waals surface area (Å²) >= 11 is 0. The Bertz CT molecular complexity index is 787. The first-order chi connectivity index (χ1) is 13.5. The van der Waals surface area contributed by atoms with Crippen molar-refractivity contribution >= 4 is 23.5 Å². The highest BCUT2D eigenvalue weighted by atomic mass is 16.5. The summed E-state index contributed by atoms with van der Waals surface area (Å²) in [6.45, 7) is 4.22. The van der Waals surface area contributed by atoms with Crippen LogP contribution in [0.5, 0.6) is 0 Å². The zero-order valence-electron chi connectivity index (χ0n) is 15.7. The van der Waals surface area contributed by atoms with E-state index in [1.54, 1.807) is 9.58 Å². The zero-order chi connectivity index (χ0) is 19.8. The maximum atomic E-state index is 13.0. The Hall–Kier alpha value is -2.46. The molecule has 3 aliphatic heterocycles. The molecule has 3 aliphatic rings. The van der Waals surface area contributed by atoms with Gasteiger partial charge in [0.25, 0.3) is 5.91 Å². The Morgan fingerprint density at radius 3 is 2.54 bits per heavy atom. The van der Waals surface area contributed by atoms with Crippen LogP contribution < -0.4 is 5.32 Å². The number of anilines is 1. The Kier molecular flexibility index (Phi) is 5.07. The van der Waals surface area contributed by atoms with Crippen LogP contribution in [0.1, 0.15) is 30.3 Å². The van der Waals surface area contributed by atoms with E-state index in [-0.39, 0.29) is 5.91 Å². The van der Waals surface area contributed by atoms with Gasteiger partial charge in [0, 0.05) is 19.6 Å². The summed E-state index contributed by atoms with van der Waals surface area (Å²) in [5.74, 6) is -3.32. The highest BCUT2D eigenvalue weighted by Gasteiger charge is 2.55. The Morgan fingerprint density at radius 2 is 1.89 bits per heavy atom. The average Bonchev–Trinajstić information content (AvgIpc) is 3.42. The van der Waals surface area contributed by atoms with Gasteiger partial charge in [0.05, 0.1) is 49.1 Å². The molecule has 28 heavy (non-hydrogen) atoms. The van der Waals surface area contributed by atoms with Gasteiger partial charge in [-0.25, -0.2) is 0 Å². The first-order valence-corrected chi connectivity index (χ1v) is 9.63. The van der Waals surface area contributed by atoms with Gasteiger partial charge in [-0.3, -0.25) is 19.1 Å². The van der Waals surface area contributed by atoms with Crippen LogP contribution in [0.4, 0.5) is 5.69 Å². The number of amides is 2. The molecule has 2 amide bonds. The summed E-state index contributed by atoms with van der Waals surface area (Å²) in [4.78, 5) is 39.2. The molecule has 4 heterocycles. The van der Waals surface area contributed by atoms with Gasteiger partial charge in [0.15, 0.2) is 0 Å². The van der Waals surface area contributed by atoms with Crippen LogP contribution in [0, 0.1) is 11.8 Å². The summed E-state index contributed by atoms with van der Waals surface area (Å²) in [5, 5.41) is 16.5. The molecule has 1 aromatic rings. The van der Waals surface area contributed by atoms with Gasteiger partial charge >= 0.3 is 5.97 Å². The van der Waals surface area contributed by atoms with Crippen LogP contribution in [0.15, 0.2) is 6.20 Å². The summed E-state index contributed by atoms with van der Waals surface area (Å²) in [7, 11) is 0. The monoisotopic (exact) mass is 392 g/mol. The topological polar surface area (TPSA) is 123 Å². The molecular formula is C18H24N4O6. The van der Waals surface area contributed by atoms with Crippen molar-refractivity contribution in [3.63, 3.8) is 0 Å². The number of hydrogen-bond donors (Lipinski definition) is 2. The lowest BCUT2D eigenvalue weighted by Crippen LogP contribution is -2.43. The fourth-order valence-electron chi connectivity index (χ4n) is 4.40. The van der Waals surface area contributed by atoms with Gasteiger partial charge in [-0.2, -0.15) is 5.10 Å². The van der Waals surface area contributed by atoms with Crippen molar-refractivity contribution in [3.05, 3.63) is 11.9 Å².